The third kappa shape index (κ3) is 3.06. The Labute approximate surface area is 83.1 Å². The van der Waals surface area contributed by atoms with Gasteiger partial charge >= 0.3 is 0 Å². The Morgan fingerprint density at radius 1 is 1.69 bits per heavy atom. The number of nitrogens with zero attached hydrogens (tertiary/aromatic N) is 1. The van der Waals surface area contributed by atoms with Crippen LogP contribution in [0, 0.1) is 0 Å². The summed E-state index contributed by atoms with van der Waals surface area (Å²) < 4.78 is 5.08. The molecule has 0 aliphatic heterocycles. The average Bonchev–Trinajstić information content (AvgIpc) is 2.54. The number of hydrogen-bond acceptors (Lipinski definition) is 4. The molecule has 0 fully saturated rings. The first-order chi connectivity index (χ1) is 6.27. The summed E-state index contributed by atoms with van der Waals surface area (Å²) >= 11 is 1.71. The molecule has 1 N–H and O–H groups in total. The fourth-order valence-corrected chi connectivity index (χ4v) is 2.00. The van der Waals surface area contributed by atoms with E-state index in [0.717, 1.165) is 23.9 Å². The molecule has 1 unspecified atom stereocenters. The SMILES string of the molecule is CNCc1csc(C(C)COC)n1. The van der Waals surface area contributed by atoms with Crippen LogP contribution >= 0.6 is 11.3 Å². The Morgan fingerprint density at radius 2 is 2.46 bits per heavy atom. The Hall–Kier alpha value is -0.450. The molecule has 0 bridgehead atoms. The molecule has 3 nitrogen and oxygen atoms in total. The third-order valence-electron chi connectivity index (χ3n) is 1.77. The van der Waals surface area contributed by atoms with Crippen LogP contribution in [0.5, 0.6) is 0 Å². The van der Waals surface area contributed by atoms with Crippen molar-refractivity contribution in [2.24, 2.45) is 0 Å². The lowest BCUT2D eigenvalue weighted by Crippen LogP contribution is -2.06. The number of methoxy groups -OCH3 is 1. The van der Waals surface area contributed by atoms with Gasteiger partial charge in [-0.05, 0) is 7.05 Å². The molecule has 0 saturated carbocycles. The topological polar surface area (TPSA) is 34.1 Å². The van der Waals surface area contributed by atoms with Gasteiger partial charge in [0.05, 0.1) is 17.3 Å². The van der Waals surface area contributed by atoms with Crippen molar-refractivity contribution >= 4 is 11.3 Å². The molecule has 1 aromatic heterocycles. The maximum Gasteiger partial charge on any atom is 0.0980 e. The maximum atomic E-state index is 5.08. The van der Waals surface area contributed by atoms with Crippen LogP contribution < -0.4 is 5.32 Å². The van der Waals surface area contributed by atoms with Crippen molar-refractivity contribution in [1.29, 1.82) is 0 Å². The Morgan fingerprint density at radius 3 is 3.08 bits per heavy atom. The third-order valence-corrected chi connectivity index (χ3v) is 2.89. The van der Waals surface area contributed by atoms with Crippen LogP contribution in [-0.4, -0.2) is 25.7 Å². The molecule has 0 aliphatic rings. The van der Waals surface area contributed by atoms with E-state index in [9.17, 15) is 0 Å². The van der Waals surface area contributed by atoms with E-state index < -0.39 is 0 Å². The molecule has 1 rings (SSSR count). The Bertz CT molecular complexity index is 250. The fourth-order valence-electron chi connectivity index (χ4n) is 1.13. The molecular formula is C9H16N2OS. The number of ether oxygens (including phenoxy) is 1. The van der Waals surface area contributed by atoms with Crippen LogP contribution in [-0.2, 0) is 11.3 Å². The van der Waals surface area contributed by atoms with Gasteiger partial charge in [-0.2, -0.15) is 0 Å². The summed E-state index contributed by atoms with van der Waals surface area (Å²) in [7, 11) is 3.65. The second-order valence-electron chi connectivity index (χ2n) is 3.06. The first-order valence-electron chi connectivity index (χ1n) is 4.35. The van der Waals surface area contributed by atoms with Crippen LogP contribution in [0.4, 0.5) is 0 Å². The van der Waals surface area contributed by atoms with E-state index in [2.05, 4.69) is 22.6 Å². The van der Waals surface area contributed by atoms with Gasteiger partial charge in [-0.3, -0.25) is 0 Å². The molecule has 1 aromatic rings. The largest absolute Gasteiger partial charge is 0.384 e. The standard InChI is InChI=1S/C9H16N2OS/c1-7(5-12-3)9-11-8(4-10-2)6-13-9/h6-7,10H,4-5H2,1-3H3. The van der Waals surface area contributed by atoms with Gasteiger partial charge in [0.1, 0.15) is 0 Å². The highest BCUT2D eigenvalue weighted by Gasteiger charge is 2.09. The molecule has 13 heavy (non-hydrogen) atoms. The summed E-state index contributed by atoms with van der Waals surface area (Å²) in [5.74, 6) is 0.403. The van der Waals surface area contributed by atoms with Crippen molar-refractivity contribution < 1.29 is 4.74 Å². The lowest BCUT2D eigenvalue weighted by molar-refractivity contribution is 0.184. The lowest BCUT2D eigenvalue weighted by atomic mass is 10.2. The van der Waals surface area contributed by atoms with Gasteiger partial charge in [0.15, 0.2) is 0 Å². The van der Waals surface area contributed by atoms with Crippen molar-refractivity contribution in [2.75, 3.05) is 20.8 Å². The number of nitrogens with one attached hydrogen (secondary N) is 1. The minimum Gasteiger partial charge on any atom is -0.384 e. The van der Waals surface area contributed by atoms with E-state index in [-0.39, 0.29) is 0 Å². The quantitative estimate of drug-likeness (QED) is 0.784. The van der Waals surface area contributed by atoms with Crippen LogP contribution in [0.3, 0.4) is 0 Å². The van der Waals surface area contributed by atoms with Gasteiger partial charge in [-0.1, -0.05) is 6.92 Å². The summed E-state index contributed by atoms with van der Waals surface area (Å²) in [6, 6.07) is 0. The normalized spacial score (nSPS) is 13.2. The molecule has 0 radical (unpaired) electrons. The van der Waals surface area contributed by atoms with Gasteiger partial charge in [0, 0.05) is 25.0 Å². The predicted octanol–water partition coefficient (Wildman–Crippen LogP) is 1.61. The summed E-state index contributed by atoms with van der Waals surface area (Å²) in [6.45, 7) is 3.72. The molecule has 1 heterocycles. The van der Waals surface area contributed by atoms with E-state index in [1.54, 1.807) is 18.4 Å². The monoisotopic (exact) mass is 200 g/mol. The summed E-state index contributed by atoms with van der Waals surface area (Å²) in [4.78, 5) is 4.49. The summed E-state index contributed by atoms with van der Waals surface area (Å²) in [5, 5.41) is 6.34. The van der Waals surface area contributed by atoms with Crippen LogP contribution in [0.15, 0.2) is 5.38 Å². The smallest absolute Gasteiger partial charge is 0.0980 e. The van der Waals surface area contributed by atoms with Gasteiger partial charge in [0.25, 0.3) is 0 Å². The first kappa shape index (κ1) is 10.6. The second kappa shape index (κ2) is 5.32. The van der Waals surface area contributed by atoms with Crippen molar-refractivity contribution in [1.82, 2.24) is 10.3 Å². The molecule has 4 heteroatoms. The molecule has 0 aromatic carbocycles. The van der Waals surface area contributed by atoms with Crippen molar-refractivity contribution in [3.63, 3.8) is 0 Å². The lowest BCUT2D eigenvalue weighted by Gasteiger charge is -2.05. The zero-order valence-electron chi connectivity index (χ0n) is 8.33. The van der Waals surface area contributed by atoms with E-state index in [0.29, 0.717) is 5.92 Å². The van der Waals surface area contributed by atoms with Gasteiger partial charge in [-0.15, -0.1) is 11.3 Å². The number of hydrogen-bond donors (Lipinski definition) is 1. The van der Waals surface area contributed by atoms with Crippen LogP contribution in [0.25, 0.3) is 0 Å². The Balaban J connectivity index is 2.56. The van der Waals surface area contributed by atoms with Crippen molar-refractivity contribution in [3.05, 3.63) is 16.1 Å². The van der Waals surface area contributed by atoms with E-state index in [1.165, 1.54) is 0 Å². The molecular weight excluding hydrogens is 184 g/mol. The van der Waals surface area contributed by atoms with Crippen LogP contribution in [0.1, 0.15) is 23.5 Å². The molecule has 0 aliphatic carbocycles. The van der Waals surface area contributed by atoms with Crippen molar-refractivity contribution in [2.45, 2.75) is 19.4 Å². The fraction of sp³-hybridized carbons (Fsp3) is 0.667. The maximum absolute atomic E-state index is 5.08. The molecule has 0 spiro atoms. The first-order valence-corrected chi connectivity index (χ1v) is 5.23. The highest BCUT2D eigenvalue weighted by atomic mass is 32.1. The number of thiazole rings is 1. The Kier molecular flexibility index (Phi) is 4.35. The van der Waals surface area contributed by atoms with Crippen molar-refractivity contribution in [3.8, 4) is 0 Å². The molecule has 0 amide bonds. The zero-order chi connectivity index (χ0) is 9.68. The summed E-state index contributed by atoms with van der Waals surface area (Å²) in [5.41, 5.74) is 1.12. The average molecular weight is 200 g/mol. The van der Waals surface area contributed by atoms with Gasteiger partial charge in [-0.25, -0.2) is 4.98 Å². The van der Waals surface area contributed by atoms with E-state index >= 15 is 0 Å². The molecule has 0 saturated heterocycles. The highest BCUT2D eigenvalue weighted by Crippen LogP contribution is 2.19. The number of rotatable bonds is 5. The zero-order valence-corrected chi connectivity index (χ0v) is 9.15. The second-order valence-corrected chi connectivity index (χ2v) is 3.95. The molecule has 74 valence electrons. The van der Waals surface area contributed by atoms with E-state index in [4.69, 9.17) is 4.74 Å². The minimum absolute atomic E-state index is 0.403. The van der Waals surface area contributed by atoms with E-state index in [1.807, 2.05) is 7.05 Å². The predicted molar refractivity (Wildman–Crippen MR) is 55.2 cm³/mol. The number of aromatic nitrogens is 1. The highest BCUT2D eigenvalue weighted by molar-refractivity contribution is 7.09. The minimum atomic E-state index is 0.403. The van der Waals surface area contributed by atoms with Gasteiger partial charge < -0.3 is 10.1 Å². The van der Waals surface area contributed by atoms with Crippen LogP contribution in [0.2, 0.25) is 0 Å². The van der Waals surface area contributed by atoms with Gasteiger partial charge in [0.2, 0.25) is 0 Å². The summed E-state index contributed by atoms with van der Waals surface area (Å²) in [6.07, 6.45) is 0. The molecule has 1 atom stereocenters.